The SMILES string of the molecule is Cc1ccccc1C(C)NC(=O)c1cc(Cl)sc1Cl. The average molecular weight is 314 g/mol. The summed E-state index contributed by atoms with van der Waals surface area (Å²) in [5.41, 5.74) is 2.66. The van der Waals surface area contributed by atoms with Gasteiger partial charge in [0.15, 0.2) is 0 Å². The Balaban J connectivity index is 2.15. The van der Waals surface area contributed by atoms with Crippen LogP contribution in [0.25, 0.3) is 0 Å². The van der Waals surface area contributed by atoms with Crippen molar-refractivity contribution >= 4 is 40.4 Å². The minimum atomic E-state index is -0.205. The van der Waals surface area contributed by atoms with Crippen molar-refractivity contribution in [2.24, 2.45) is 0 Å². The van der Waals surface area contributed by atoms with Crippen molar-refractivity contribution < 1.29 is 4.79 Å². The number of hydrogen-bond donors (Lipinski definition) is 1. The van der Waals surface area contributed by atoms with Crippen LogP contribution in [0.1, 0.15) is 34.5 Å². The zero-order chi connectivity index (χ0) is 14.0. The molecule has 1 atom stereocenters. The van der Waals surface area contributed by atoms with E-state index < -0.39 is 0 Å². The summed E-state index contributed by atoms with van der Waals surface area (Å²) in [6.07, 6.45) is 0. The topological polar surface area (TPSA) is 29.1 Å². The molecule has 2 nitrogen and oxygen atoms in total. The number of rotatable bonds is 3. The van der Waals surface area contributed by atoms with Gasteiger partial charge in [0.05, 0.1) is 15.9 Å². The summed E-state index contributed by atoms with van der Waals surface area (Å²) in [7, 11) is 0. The summed E-state index contributed by atoms with van der Waals surface area (Å²) < 4.78 is 0.929. The molecule has 1 unspecified atom stereocenters. The van der Waals surface area contributed by atoms with E-state index in [2.05, 4.69) is 5.32 Å². The molecular formula is C14H13Cl2NOS. The third kappa shape index (κ3) is 3.30. The number of nitrogens with one attached hydrogen (secondary N) is 1. The smallest absolute Gasteiger partial charge is 0.254 e. The first-order valence-electron chi connectivity index (χ1n) is 5.80. The lowest BCUT2D eigenvalue weighted by molar-refractivity contribution is 0.0940. The molecule has 0 saturated carbocycles. The van der Waals surface area contributed by atoms with E-state index in [1.807, 2.05) is 38.1 Å². The molecule has 1 amide bonds. The van der Waals surface area contributed by atoms with Gasteiger partial charge in [-0.25, -0.2) is 0 Å². The highest BCUT2D eigenvalue weighted by Crippen LogP contribution is 2.31. The van der Waals surface area contributed by atoms with Gasteiger partial charge in [-0.3, -0.25) is 4.79 Å². The minimum absolute atomic E-state index is 0.0801. The lowest BCUT2D eigenvalue weighted by atomic mass is 10.0. The van der Waals surface area contributed by atoms with Gasteiger partial charge in [-0.05, 0) is 31.0 Å². The fourth-order valence-electron chi connectivity index (χ4n) is 1.92. The van der Waals surface area contributed by atoms with Gasteiger partial charge in [0.1, 0.15) is 4.34 Å². The summed E-state index contributed by atoms with van der Waals surface area (Å²) in [5.74, 6) is -0.205. The molecule has 1 aromatic carbocycles. The van der Waals surface area contributed by atoms with E-state index in [1.54, 1.807) is 6.07 Å². The number of halogens is 2. The lowest BCUT2D eigenvalue weighted by Gasteiger charge is -2.16. The first-order valence-corrected chi connectivity index (χ1v) is 7.37. The van der Waals surface area contributed by atoms with Gasteiger partial charge >= 0.3 is 0 Å². The average Bonchev–Trinajstić information content (AvgIpc) is 2.69. The van der Waals surface area contributed by atoms with E-state index in [4.69, 9.17) is 23.2 Å². The molecule has 0 aliphatic carbocycles. The number of amides is 1. The van der Waals surface area contributed by atoms with Crippen LogP contribution in [0.5, 0.6) is 0 Å². The second kappa shape index (κ2) is 5.95. The maximum atomic E-state index is 12.1. The normalized spacial score (nSPS) is 12.2. The Morgan fingerprint density at radius 1 is 1.32 bits per heavy atom. The molecule has 0 radical (unpaired) electrons. The molecule has 5 heteroatoms. The highest BCUT2D eigenvalue weighted by atomic mass is 35.5. The third-order valence-electron chi connectivity index (χ3n) is 2.90. The molecule has 100 valence electrons. The van der Waals surface area contributed by atoms with E-state index in [1.165, 1.54) is 11.3 Å². The summed E-state index contributed by atoms with van der Waals surface area (Å²) in [6, 6.07) is 9.47. The molecule has 0 fully saturated rings. The predicted octanol–water partition coefficient (Wildman–Crippen LogP) is 4.85. The van der Waals surface area contributed by atoms with E-state index in [0.29, 0.717) is 14.2 Å². The van der Waals surface area contributed by atoms with Crippen molar-refractivity contribution in [2.75, 3.05) is 0 Å². The highest BCUT2D eigenvalue weighted by molar-refractivity contribution is 7.20. The van der Waals surface area contributed by atoms with Crippen molar-refractivity contribution in [1.29, 1.82) is 0 Å². The maximum Gasteiger partial charge on any atom is 0.254 e. The highest BCUT2D eigenvalue weighted by Gasteiger charge is 2.17. The van der Waals surface area contributed by atoms with E-state index in [9.17, 15) is 4.79 Å². The molecule has 19 heavy (non-hydrogen) atoms. The molecule has 0 aliphatic rings. The minimum Gasteiger partial charge on any atom is -0.345 e. The molecule has 1 aromatic heterocycles. The second-order valence-electron chi connectivity index (χ2n) is 4.29. The van der Waals surface area contributed by atoms with E-state index in [-0.39, 0.29) is 11.9 Å². The van der Waals surface area contributed by atoms with Gasteiger partial charge in [-0.2, -0.15) is 0 Å². The van der Waals surface area contributed by atoms with Gasteiger partial charge in [-0.15, -0.1) is 11.3 Å². The van der Waals surface area contributed by atoms with Crippen LogP contribution < -0.4 is 5.32 Å². The molecule has 0 saturated heterocycles. The maximum absolute atomic E-state index is 12.1. The molecule has 0 bridgehead atoms. The Hall–Kier alpha value is -1.03. The number of carbonyl (C=O) groups excluding carboxylic acids is 1. The van der Waals surface area contributed by atoms with Crippen LogP contribution in [0.15, 0.2) is 30.3 Å². The van der Waals surface area contributed by atoms with Gasteiger partial charge in [0, 0.05) is 0 Å². The Morgan fingerprint density at radius 3 is 2.58 bits per heavy atom. The van der Waals surface area contributed by atoms with Crippen LogP contribution in [0.2, 0.25) is 8.67 Å². The zero-order valence-electron chi connectivity index (χ0n) is 10.5. The lowest BCUT2D eigenvalue weighted by Crippen LogP contribution is -2.26. The number of carbonyl (C=O) groups is 1. The second-order valence-corrected chi connectivity index (χ2v) is 6.58. The molecule has 0 aliphatic heterocycles. The summed E-state index contributed by atoms with van der Waals surface area (Å²) >= 11 is 13.0. The van der Waals surface area contributed by atoms with Crippen LogP contribution in [-0.4, -0.2) is 5.91 Å². The van der Waals surface area contributed by atoms with Gasteiger partial charge in [0.2, 0.25) is 0 Å². The molecular weight excluding hydrogens is 301 g/mol. The van der Waals surface area contributed by atoms with Crippen molar-refractivity contribution in [3.8, 4) is 0 Å². The van der Waals surface area contributed by atoms with Gasteiger partial charge in [0.25, 0.3) is 5.91 Å². The zero-order valence-corrected chi connectivity index (χ0v) is 12.9. The third-order valence-corrected chi connectivity index (χ3v) is 4.39. The molecule has 2 aromatic rings. The first kappa shape index (κ1) is 14.4. The van der Waals surface area contributed by atoms with Crippen LogP contribution >= 0.6 is 34.5 Å². The number of hydrogen-bond acceptors (Lipinski definition) is 2. The van der Waals surface area contributed by atoms with Crippen LogP contribution in [0, 0.1) is 6.92 Å². The van der Waals surface area contributed by atoms with Crippen LogP contribution in [0.4, 0.5) is 0 Å². The largest absolute Gasteiger partial charge is 0.345 e. The fourth-order valence-corrected chi connectivity index (χ4v) is 3.38. The Labute approximate surface area is 126 Å². The number of thiophene rings is 1. The quantitative estimate of drug-likeness (QED) is 0.861. The van der Waals surface area contributed by atoms with Crippen molar-refractivity contribution in [3.05, 3.63) is 55.7 Å². The van der Waals surface area contributed by atoms with Crippen molar-refractivity contribution in [3.63, 3.8) is 0 Å². The van der Waals surface area contributed by atoms with E-state index >= 15 is 0 Å². The summed E-state index contributed by atoms with van der Waals surface area (Å²) in [4.78, 5) is 12.1. The van der Waals surface area contributed by atoms with Gasteiger partial charge < -0.3 is 5.32 Å². The summed E-state index contributed by atoms with van der Waals surface area (Å²) in [5, 5.41) is 2.93. The fraction of sp³-hybridized carbons (Fsp3) is 0.214. The number of benzene rings is 1. The number of aryl methyl sites for hydroxylation is 1. The van der Waals surface area contributed by atoms with Crippen LogP contribution in [0.3, 0.4) is 0 Å². The van der Waals surface area contributed by atoms with Crippen molar-refractivity contribution in [2.45, 2.75) is 19.9 Å². The molecule has 2 rings (SSSR count). The molecule has 1 heterocycles. The summed E-state index contributed by atoms with van der Waals surface area (Å²) in [6.45, 7) is 3.97. The Bertz CT molecular complexity index is 609. The van der Waals surface area contributed by atoms with Gasteiger partial charge in [-0.1, -0.05) is 47.5 Å². The van der Waals surface area contributed by atoms with Crippen LogP contribution in [-0.2, 0) is 0 Å². The standard InChI is InChI=1S/C14H13Cl2NOS/c1-8-5-3-4-6-10(8)9(2)17-14(18)11-7-12(15)19-13(11)16/h3-7,9H,1-2H3,(H,17,18). The van der Waals surface area contributed by atoms with E-state index in [0.717, 1.165) is 11.1 Å². The molecule has 0 spiro atoms. The Morgan fingerprint density at radius 2 is 2.00 bits per heavy atom. The Kier molecular flexibility index (Phi) is 4.50. The monoisotopic (exact) mass is 313 g/mol. The predicted molar refractivity (Wildman–Crippen MR) is 81.4 cm³/mol. The molecule has 1 N–H and O–H groups in total. The first-order chi connectivity index (χ1) is 8.99. The van der Waals surface area contributed by atoms with Crippen molar-refractivity contribution in [1.82, 2.24) is 5.32 Å².